The summed E-state index contributed by atoms with van der Waals surface area (Å²) >= 11 is 0. The highest BCUT2D eigenvalue weighted by molar-refractivity contribution is 5.82. The standard InChI is InChI=1S/C16H15N3O3/c20-15(11-19(21)22)16-13-8-4-5-9-14(13)18(17-16)10-12-6-2-1-3-7-12/h1-9,15,20H,10-11H2. The molecule has 0 aliphatic rings. The number of hydrogen-bond donors (Lipinski definition) is 1. The van der Waals surface area contributed by atoms with E-state index in [1.807, 2.05) is 54.6 Å². The summed E-state index contributed by atoms with van der Waals surface area (Å²) in [6.45, 7) is -0.00111. The van der Waals surface area contributed by atoms with E-state index in [4.69, 9.17) is 0 Å². The lowest BCUT2D eigenvalue weighted by Gasteiger charge is -2.04. The predicted molar refractivity (Wildman–Crippen MR) is 82.1 cm³/mol. The van der Waals surface area contributed by atoms with Crippen LogP contribution in [0.2, 0.25) is 0 Å². The van der Waals surface area contributed by atoms with Gasteiger partial charge in [0.1, 0.15) is 5.69 Å². The first-order valence-electron chi connectivity index (χ1n) is 6.94. The quantitative estimate of drug-likeness (QED) is 0.579. The SMILES string of the molecule is O=[N+]([O-])CC(O)c1nn(Cc2ccccc2)c2ccccc12. The molecule has 0 amide bonds. The van der Waals surface area contributed by atoms with Crippen molar-refractivity contribution in [3.8, 4) is 0 Å². The fraction of sp³-hybridized carbons (Fsp3) is 0.188. The number of rotatable bonds is 5. The molecule has 0 aliphatic heterocycles. The number of para-hydroxylation sites is 1. The van der Waals surface area contributed by atoms with E-state index in [-0.39, 0.29) is 0 Å². The maximum absolute atomic E-state index is 10.6. The summed E-state index contributed by atoms with van der Waals surface area (Å²) in [6.07, 6.45) is -1.21. The minimum Gasteiger partial charge on any atom is -0.380 e. The smallest absolute Gasteiger partial charge is 0.235 e. The molecule has 112 valence electrons. The molecule has 0 bridgehead atoms. The van der Waals surface area contributed by atoms with Crippen LogP contribution < -0.4 is 0 Å². The molecule has 0 aliphatic carbocycles. The van der Waals surface area contributed by atoms with Crippen molar-refractivity contribution < 1.29 is 10.0 Å². The van der Waals surface area contributed by atoms with Crippen LogP contribution in [0.5, 0.6) is 0 Å². The van der Waals surface area contributed by atoms with Crippen LogP contribution in [-0.4, -0.2) is 26.4 Å². The van der Waals surface area contributed by atoms with Gasteiger partial charge in [0.15, 0.2) is 6.10 Å². The van der Waals surface area contributed by atoms with Gasteiger partial charge in [-0.1, -0.05) is 48.5 Å². The van der Waals surface area contributed by atoms with Gasteiger partial charge < -0.3 is 5.11 Å². The van der Waals surface area contributed by atoms with Crippen molar-refractivity contribution in [2.45, 2.75) is 12.6 Å². The summed E-state index contributed by atoms with van der Waals surface area (Å²) in [5.41, 5.74) is 2.28. The van der Waals surface area contributed by atoms with Gasteiger partial charge in [-0.05, 0) is 11.6 Å². The highest BCUT2D eigenvalue weighted by atomic mass is 16.6. The molecule has 0 saturated carbocycles. The van der Waals surface area contributed by atoms with Crippen LogP contribution in [0.4, 0.5) is 0 Å². The van der Waals surface area contributed by atoms with Gasteiger partial charge in [-0.3, -0.25) is 14.8 Å². The molecular weight excluding hydrogens is 282 g/mol. The van der Waals surface area contributed by atoms with Gasteiger partial charge in [-0.2, -0.15) is 5.10 Å². The van der Waals surface area contributed by atoms with E-state index >= 15 is 0 Å². The van der Waals surface area contributed by atoms with Gasteiger partial charge >= 0.3 is 0 Å². The number of nitrogens with zero attached hydrogens (tertiary/aromatic N) is 3. The van der Waals surface area contributed by atoms with Gasteiger partial charge in [-0.15, -0.1) is 0 Å². The maximum Gasteiger partial charge on any atom is 0.235 e. The Bertz CT molecular complexity index is 799. The average molecular weight is 297 g/mol. The Hall–Kier alpha value is -2.73. The summed E-state index contributed by atoms with van der Waals surface area (Å²) in [4.78, 5) is 10.1. The number of aromatic nitrogens is 2. The molecule has 0 spiro atoms. The van der Waals surface area contributed by atoms with Gasteiger partial charge in [-0.25, -0.2) is 0 Å². The highest BCUT2D eigenvalue weighted by Gasteiger charge is 2.21. The van der Waals surface area contributed by atoms with E-state index in [1.54, 1.807) is 4.68 Å². The number of nitro groups is 1. The third kappa shape index (κ3) is 2.82. The van der Waals surface area contributed by atoms with E-state index in [2.05, 4.69) is 5.10 Å². The second kappa shape index (κ2) is 5.95. The van der Waals surface area contributed by atoms with E-state index in [9.17, 15) is 15.2 Å². The van der Waals surface area contributed by atoms with Crippen LogP contribution in [0, 0.1) is 10.1 Å². The summed E-state index contributed by atoms with van der Waals surface area (Å²) in [5.74, 6) is 0. The maximum atomic E-state index is 10.6. The number of hydrogen-bond acceptors (Lipinski definition) is 4. The van der Waals surface area contributed by atoms with Crippen molar-refractivity contribution >= 4 is 10.9 Å². The minimum atomic E-state index is -1.21. The minimum absolute atomic E-state index is 0.350. The van der Waals surface area contributed by atoms with Gasteiger partial charge in [0.05, 0.1) is 12.1 Å². The van der Waals surface area contributed by atoms with E-state index in [0.717, 1.165) is 16.5 Å². The molecule has 1 unspecified atom stereocenters. The first-order chi connectivity index (χ1) is 10.6. The fourth-order valence-corrected chi connectivity index (χ4v) is 2.50. The number of aliphatic hydroxyl groups excluding tert-OH is 1. The molecule has 22 heavy (non-hydrogen) atoms. The molecule has 1 atom stereocenters. The van der Waals surface area contributed by atoms with Crippen molar-refractivity contribution in [2.24, 2.45) is 0 Å². The topological polar surface area (TPSA) is 81.2 Å². The summed E-state index contributed by atoms with van der Waals surface area (Å²) < 4.78 is 1.77. The molecule has 1 heterocycles. The lowest BCUT2D eigenvalue weighted by molar-refractivity contribution is -0.491. The second-order valence-electron chi connectivity index (χ2n) is 5.08. The Balaban J connectivity index is 2.02. The largest absolute Gasteiger partial charge is 0.380 e. The van der Waals surface area contributed by atoms with E-state index in [0.29, 0.717) is 12.2 Å². The molecular formula is C16H15N3O3. The lowest BCUT2D eigenvalue weighted by atomic mass is 10.1. The molecule has 3 aromatic rings. The van der Waals surface area contributed by atoms with Crippen LogP contribution in [0.25, 0.3) is 10.9 Å². The summed E-state index contributed by atoms with van der Waals surface area (Å²) in [7, 11) is 0. The number of aliphatic hydroxyl groups is 1. The molecule has 6 nitrogen and oxygen atoms in total. The predicted octanol–water partition coefficient (Wildman–Crippen LogP) is 2.39. The third-order valence-corrected chi connectivity index (χ3v) is 3.50. The molecule has 3 rings (SSSR count). The molecule has 0 fully saturated rings. The second-order valence-corrected chi connectivity index (χ2v) is 5.08. The van der Waals surface area contributed by atoms with Crippen LogP contribution in [-0.2, 0) is 6.54 Å². The van der Waals surface area contributed by atoms with Crippen LogP contribution in [0.3, 0.4) is 0 Å². The Morgan fingerprint density at radius 3 is 2.55 bits per heavy atom. The summed E-state index contributed by atoms with van der Waals surface area (Å²) in [6, 6.07) is 17.3. The van der Waals surface area contributed by atoms with Crippen molar-refractivity contribution in [1.82, 2.24) is 9.78 Å². The van der Waals surface area contributed by atoms with Crippen LogP contribution in [0.15, 0.2) is 54.6 Å². The van der Waals surface area contributed by atoms with Crippen molar-refractivity contribution in [3.63, 3.8) is 0 Å². The normalized spacial score (nSPS) is 12.4. The lowest BCUT2D eigenvalue weighted by Crippen LogP contribution is -2.13. The van der Waals surface area contributed by atoms with Crippen molar-refractivity contribution in [2.75, 3.05) is 6.54 Å². The van der Waals surface area contributed by atoms with Crippen molar-refractivity contribution in [3.05, 3.63) is 76.0 Å². The summed E-state index contributed by atoms with van der Waals surface area (Å²) in [5, 5.41) is 25.8. The first-order valence-corrected chi connectivity index (χ1v) is 6.94. The Kier molecular flexibility index (Phi) is 3.84. The molecule has 1 N–H and O–H groups in total. The first kappa shape index (κ1) is 14.2. The zero-order chi connectivity index (χ0) is 15.5. The highest BCUT2D eigenvalue weighted by Crippen LogP contribution is 2.24. The zero-order valence-electron chi connectivity index (χ0n) is 11.8. The van der Waals surface area contributed by atoms with Gasteiger partial charge in [0, 0.05) is 10.3 Å². The Morgan fingerprint density at radius 1 is 1.14 bits per heavy atom. The van der Waals surface area contributed by atoms with E-state index < -0.39 is 17.6 Å². The third-order valence-electron chi connectivity index (χ3n) is 3.50. The zero-order valence-corrected chi connectivity index (χ0v) is 11.8. The number of benzene rings is 2. The average Bonchev–Trinajstić information content (AvgIpc) is 2.87. The van der Waals surface area contributed by atoms with Crippen LogP contribution in [0.1, 0.15) is 17.4 Å². The molecule has 1 aromatic heterocycles. The molecule has 0 saturated heterocycles. The molecule has 2 aromatic carbocycles. The van der Waals surface area contributed by atoms with Gasteiger partial charge in [0.2, 0.25) is 6.54 Å². The Morgan fingerprint density at radius 2 is 1.82 bits per heavy atom. The van der Waals surface area contributed by atoms with Gasteiger partial charge in [0.25, 0.3) is 0 Å². The van der Waals surface area contributed by atoms with Crippen molar-refractivity contribution in [1.29, 1.82) is 0 Å². The molecule has 6 heteroatoms. The van der Waals surface area contributed by atoms with Crippen LogP contribution >= 0.6 is 0 Å². The van der Waals surface area contributed by atoms with E-state index in [1.165, 1.54) is 0 Å². The molecule has 0 radical (unpaired) electrons. The number of fused-ring (bicyclic) bond motifs is 1. The fourth-order valence-electron chi connectivity index (χ4n) is 2.50. The Labute approximate surface area is 126 Å². The monoisotopic (exact) mass is 297 g/mol.